The van der Waals surface area contributed by atoms with Crippen molar-refractivity contribution in [1.29, 1.82) is 0 Å². The summed E-state index contributed by atoms with van der Waals surface area (Å²) < 4.78 is 40.7. The first-order valence-electron chi connectivity index (χ1n) is 8.67. The van der Waals surface area contributed by atoms with Crippen LogP contribution < -0.4 is 5.73 Å². The minimum Gasteiger partial charge on any atom is -0.342 e. The summed E-state index contributed by atoms with van der Waals surface area (Å²) >= 11 is 0. The molecule has 0 heterocycles. The van der Waals surface area contributed by atoms with Gasteiger partial charge in [-0.15, -0.1) is 0 Å². The summed E-state index contributed by atoms with van der Waals surface area (Å²) in [6.07, 6.45) is -2.42. The van der Waals surface area contributed by atoms with Crippen LogP contribution in [0.1, 0.15) is 32.6 Å². The second-order valence-electron chi connectivity index (χ2n) is 4.24. The van der Waals surface area contributed by atoms with Gasteiger partial charge in [0.1, 0.15) is 0 Å². The van der Waals surface area contributed by atoms with Crippen molar-refractivity contribution in [1.82, 2.24) is 4.90 Å². The topological polar surface area (TPSA) is 46.3 Å². The normalized spacial score (nSPS) is 37.6. The van der Waals surface area contributed by atoms with E-state index >= 15 is 0 Å². The molecule has 1 saturated carbocycles. The molecule has 2 atom stereocenters. The van der Waals surface area contributed by atoms with Gasteiger partial charge >= 0.3 is 0 Å². The Labute approximate surface area is 116 Å². The number of nitrogens with zero attached hydrogens (tertiary/aromatic N) is 1. The lowest BCUT2D eigenvalue weighted by molar-refractivity contribution is -0.134. The van der Waals surface area contributed by atoms with Crippen molar-refractivity contribution in [2.24, 2.45) is 11.6 Å². The fourth-order valence-electron chi connectivity index (χ4n) is 2.24. The predicted molar refractivity (Wildman–Crippen MR) is 73.2 cm³/mol. The zero-order valence-corrected chi connectivity index (χ0v) is 10.7. The molecule has 0 aromatic heterocycles. The van der Waals surface area contributed by atoms with Crippen LogP contribution in [0.4, 0.5) is 0 Å². The second kappa shape index (κ2) is 5.11. The maximum atomic E-state index is 13.1. The molecule has 1 aromatic rings. The van der Waals surface area contributed by atoms with Gasteiger partial charge in [0, 0.05) is 19.9 Å². The predicted octanol–water partition coefficient (Wildman–Crippen LogP) is 1.77. The largest absolute Gasteiger partial charge is 0.342 e. The molecule has 0 unspecified atom stereocenters. The maximum Gasteiger partial charge on any atom is 0.233 e. The van der Waals surface area contributed by atoms with E-state index in [1.54, 1.807) is 44.2 Å². The Morgan fingerprint density at radius 2 is 2.17 bits per heavy atom. The molecule has 3 heteroatoms. The van der Waals surface area contributed by atoms with E-state index in [-0.39, 0.29) is 5.56 Å². The first-order valence-corrected chi connectivity index (χ1v) is 6.17. The van der Waals surface area contributed by atoms with Crippen molar-refractivity contribution in [2.45, 2.75) is 25.6 Å². The highest BCUT2D eigenvalue weighted by Gasteiger charge is 2.61. The quantitative estimate of drug-likeness (QED) is 0.867. The molecule has 1 aliphatic carbocycles. The molecule has 0 aliphatic heterocycles. The molecule has 2 N–H and O–H groups in total. The molecule has 0 radical (unpaired) electrons. The lowest BCUT2D eigenvalue weighted by Crippen LogP contribution is -2.40. The van der Waals surface area contributed by atoms with Gasteiger partial charge < -0.3 is 10.6 Å². The molecule has 0 saturated heterocycles. The highest BCUT2D eigenvalue weighted by molar-refractivity contribution is 5.92. The Kier molecular flexibility index (Phi) is 2.25. The standard InChI is InChI=1S/C15H22N2O/c1-3-17(4-2)14(18)15(10-13(15)11-16)12-8-6-5-7-9-12/h5-9,13H,3-4,10-11,16H2,1-2H3/t13-,15+/m1/s1/i10D2,11D2,13D. The van der Waals surface area contributed by atoms with Crippen LogP contribution in [0, 0.1) is 5.89 Å². The smallest absolute Gasteiger partial charge is 0.233 e. The highest BCUT2D eigenvalue weighted by Crippen LogP contribution is 2.54. The molecule has 1 aliphatic rings. The molecule has 18 heavy (non-hydrogen) atoms. The van der Waals surface area contributed by atoms with E-state index in [4.69, 9.17) is 12.6 Å². The van der Waals surface area contributed by atoms with E-state index in [9.17, 15) is 4.79 Å². The van der Waals surface area contributed by atoms with Crippen molar-refractivity contribution in [3.8, 4) is 0 Å². The summed E-state index contributed by atoms with van der Waals surface area (Å²) in [6.45, 7) is 1.56. The molecule has 1 fully saturated rings. The van der Waals surface area contributed by atoms with Gasteiger partial charge in [-0.05, 0) is 38.2 Å². The zero-order chi connectivity index (χ0) is 17.7. The molecular weight excluding hydrogens is 224 g/mol. The number of rotatable bonds is 5. The Bertz CT molecular complexity index is 600. The number of hydrogen-bond donors (Lipinski definition) is 1. The molecule has 0 spiro atoms. The van der Waals surface area contributed by atoms with Crippen molar-refractivity contribution in [3.63, 3.8) is 0 Å². The van der Waals surface area contributed by atoms with Crippen LogP contribution in [-0.4, -0.2) is 30.4 Å². The van der Waals surface area contributed by atoms with Crippen LogP contribution in [0.2, 0.25) is 0 Å². The van der Waals surface area contributed by atoms with E-state index in [1.165, 1.54) is 4.90 Å². The maximum absolute atomic E-state index is 13.1. The van der Waals surface area contributed by atoms with Crippen LogP contribution in [-0.2, 0) is 10.2 Å². The van der Waals surface area contributed by atoms with Crippen molar-refractivity contribution >= 4 is 5.91 Å². The van der Waals surface area contributed by atoms with Crippen molar-refractivity contribution in [2.75, 3.05) is 19.6 Å². The van der Waals surface area contributed by atoms with Gasteiger partial charge in [0.05, 0.1) is 5.41 Å². The Morgan fingerprint density at radius 3 is 2.61 bits per heavy atom. The third kappa shape index (κ3) is 1.93. The molecule has 1 amide bonds. The van der Waals surface area contributed by atoms with Gasteiger partial charge in [-0.1, -0.05) is 30.3 Å². The second-order valence-corrected chi connectivity index (χ2v) is 4.24. The molecule has 2 rings (SSSR count). The summed E-state index contributed by atoms with van der Waals surface area (Å²) in [6, 6.07) is 8.13. The third-order valence-corrected chi connectivity index (χ3v) is 3.35. The molecule has 98 valence electrons. The number of amides is 1. The lowest BCUT2D eigenvalue weighted by atomic mass is 9.91. The van der Waals surface area contributed by atoms with Crippen LogP contribution in [0.25, 0.3) is 0 Å². The number of nitrogens with two attached hydrogens (primary N) is 1. The van der Waals surface area contributed by atoms with Gasteiger partial charge in [0.2, 0.25) is 5.91 Å². The van der Waals surface area contributed by atoms with Crippen molar-refractivity contribution < 1.29 is 11.6 Å². The molecule has 1 aromatic carbocycles. The monoisotopic (exact) mass is 251 g/mol. The molecule has 3 nitrogen and oxygen atoms in total. The summed E-state index contributed by atoms with van der Waals surface area (Å²) in [7, 11) is 0. The van der Waals surface area contributed by atoms with Gasteiger partial charge in [-0.2, -0.15) is 0 Å². The van der Waals surface area contributed by atoms with Crippen molar-refractivity contribution in [3.05, 3.63) is 35.9 Å². The number of likely N-dealkylation sites (N-methyl/N-ethyl adjacent to an activating group) is 1. The lowest BCUT2D eigenvalue weighted by Gasteiger charge is -2.26. The number of benzene rings is 1. The molecular formula is C15H22N2O. The van der Waals surface area contributed by atoms with Gasteiger partial charge in [0.15, 0.2) is 0 Å². The van der Waals surface area contributed by atoms with E-state index in [2.05, 4.69) is 0 Å². The summed E-state index contributed by atoms with van der Waals surface area (Å²) in [5, 5.41) is 0. The minimum atomic E-state index is -2.67. The summed E-state index contributed by atoms with van der Waals surface area (Å²) in [4.78, 5) is 14.5. The van der Waals surface area contributed by atoms with Crippen LogP contribution >= 0.6 is 0 Å². The first kappa shape index (κ1) is 7.95. The number of hydrogen-bond acceptors (Lipinski definition) is 2. The van der Waals surface area contributed by atoms with E-state index in [1.807, 2.05) is 0 Å². The Hall–Kier alpha value is -1.35. The fraction of sp³-hybridized carbons (Fsp3) is 0.533. The Morgan fingerprint density at radius 1 is 1.56 bits per heavy atom. The first-order chi connectivity index (χ1) is 10.5. The van der Waals surface area contributed by atoms with Gasteiger partial charge in [-0.3, -0.25) is 4.79 Å². The van der Waals surface area contributed by atoms with Crippen LogP contribution in [0.3, 0.4) is 0 Å². The van der Waals surface area contributed by atoms with E-state index in [0.717, 1.165) is 0 Å². The average molecular weight is 251 g/mol. The van der Waals surface area contributed by atoms with Gasteiger partial charge in [0.25, 0.3) is 0 Å². The zero-order valence-electron chi connectivity index (χ0n) is 15.7. The SMILES string of the molecule is [2H]C([2H])(N)[C@@]1([2H])C([2H])([2H])[C@]1(C(=O)N(CC)CC)c1ccccc1. The average Bonchev–Trinajstić information content (AvgIpc) is 2.91. The molecule has 0 bridgehead atoms. The summed E-state index contributed by atoms with van der Waals surface area (Å²) in [5.74, 6) is -2.99. The van der Waals surface area contributed by atoms with E-state index in [0.29, 0.717) is 13.1 Å². The third-order valence-electron chi connectivity index (χ3n) is 3.35. The van der Waals surface area contributed by atoms with Crippen LogP contribution in [0.15, 0.2) is 30.3 Å². The van der Waals surface area contributed by atoms with E-state index < -0.39 is 30.1 Å². The number of carbonyl (C=O) groups is 1. The summed E-state index contributed by atoms with van der Waals surface area (Å²) in [5.41, 5.74) is 3.85. The number of carbonyl (C=O) groups excluding carboxylic acids is 1. The van der Waals surface area contributed by atoms with Gasteiger partial charge in [-0.25, -0.2) is 0 Å². The highest BCUT2D eigenvalue weighted by atomic mass is 16.2. The van der Waals surface area contributed by atoms with Crippen LogP contribution in [0.5, 0.6) is 0 Å². The minimum absolute atomic E-state index is 0.284. The fourth-order valence-corrected chi connectivity index (χ4v) is 2.24. The Balaban J connectivity index is 2.73.